The van der Waals surface area contributed by atoms with Gasteiger partial charge in [-0.1, -0.05) is 38.0 Å². The standard InChI is InChI=1S/C11H17N/c1-6-8-11(7-2)9-12(5)10(3)4/h6-8H,1-3,9H2,4-5H3/b11-8+. The summed E-state index contributed by atoms with van der Waals surface area (Å²) in [5.41, 5.74) is 2.20. The van der Waals surface area contributed by atoms with Crippen molar-refractivity contribution in [2.45, 2.75) is 6.92 Å². The van der Waals surface area contributed by atoms with Crippen molar-refractivity contribution in [3.8, 4) is 0 Å². The van der Waals surface area contributed by atoms with Crippen molar-refractivity contribution in [2.75, 3.05) is 13.6 Å². The molecule has 12 heavy (non-hydrogen) atoms. The van der Waals surface area contributed by atoms with Crippen molar-refractivity contribution in [2.24, 2.45) is 0 Å². The van der Waals surface area contributed by atoms with Gasteiger partial charge in [-0.25, -0.2) is 0 Å². The normalized spacial score (nSPS) is 10.7. The highest BCUT2D eigenvalue weighted by Gasteiger charge is 1.97. The van der Waals surface area contributed by atoms with Gasteiger partial charge in [0.15, 0.2) is 0 Å². The van der Waals surface area contributed by atoms with E-state index in [0.29, 0.717) is 0 Å². The lowest BCUT2D eigenvalue weighted by Crippen LogP contribution is -2.17. The Morgan fingerprint density at radius 2 is 2.00 bits per heavy atom. The number of rotatable bonds is 5. The average molecular weight is 163 g/mol. The molecule has 0 saturated carbocycles. The van der Waals surface area contributed by atoms with Crippen LogP contribution in [0.25, 0.3) is 0 Å². The first-order valence-corrected chi connectivity index (χ1v) is 3.92. The molecule has 0 fully saturated rings. The van der Waals surface area contributed by atoms with Crippen LogP contribution in [0, 0.1) is 0 Å². The minimum atomic E-state index is 0.838. The molecule has 66 valence electrons. The van der Waals surface area contributed by atoms with Crippen LogP contribution in [0.3, 0.4) is 0 Å². The van der Waals surface area contributed by atoms with Crippen LogP contribution in [-0.2, 0) is 0 Å². The molecule has 0 aliphatic heterocycles. The van der Waals surface area contributed by atoms with Gasteiger partial charge in [0, 0.05) is 19.3 Å². The highest BCUT2D eigenvalue weighted by atomic mass is 15.1. The van der Waals surface area contributed by atoms with E-state index in [-0.39, 0.29) is 0 Å². The summed E-state index contributed by atoms with van der Waals surface area (Å²) in [5.74, 6) is 0. The summed E-state index contributed by atoms with van der Waals surface area (Å²) in [7, 11) is 2.00. The van der Waals surface area contributed by atoms with E-state index >= 15 is 0 Å². The fourth-order valence-electron chi connectivity index (χ4n) is 0.745. The molecule has 0 N–H and O–H groups in total. The lowest BCUT2D eigenvalue weighted by atomic mass is 10.2. The van der Waals surface area contributed by atoms with Crippen molar-refractivity contribution < 1.29 is 0 Å². The lowest BCUT2D eigenvalue weighted by molar-refractivity contribution is 0.460. The van der Waals surface area contributed by atoms with Gasteiger partial charge in [0.05, 0.1) is 0 Å². The zero-order chi connectivity index (χ0) is 9.56. The van der Waals surface area contributed by atoms with E-state index in [1.807, 2.05) is 26.1 Å². The Kier molecular flexibility index (Phi) is 4.86. The van der Waals surface area contributed by atoms with Gasteiger partial charge in [-0.2, -0.15) is 0 Å². The number of hydrogen-bond donors (Lipinski definition) is 0. The molecule has 0 heterocycles. The second-order valence-corrected chi connectivity index (χ2v) is 2.77. The minimum Gasteiger partial charge on any atom is -0.374 e. The van der Waals surface area contributed by atoms with Gasteiger partial charge in [0.25, 0.3) is 0 Å². The maximum absolute atomic E-state index is 3.84. The predicted octanol–water partition coefficient (Wildman–Crippen LogP) is 2.75. The topological polar surface area (TPSA) is 3.24 Å². The Hall–Kier alpha value is -1.24. The Morgan fingerprint density at radius 3 is 2.33 bits per heavy atom. The van der Waals surface area contributed by atoms with Crippen LogP contribution in [0.5, 0.6) is 0 Å². The lowest BCUT2D eigenvalue weighted by Gasteiger charge is -2.18. The Bertz CT molecular complexity index is 211. The Morgan fingerprint density at radius 1 is 1.42 bits per heavy atom. The molecule has 0 rings (SSSR count). The first-order chi connectivity index (χ1) is 5.61. The molecule has 0 aliphatic rings. The molecule has 0 spiro atoms. The van der Waals surface area contributed by atoms with E-state index in [1.54, 1.807) is 6.08 Å². The number of allylic oxidation sites excluding steroid dienone is 3. The van der Waals surface area contributed by atoms with Crippen molar-refractivity contribution in [1.82, 2.24) is 4.90 Å². The molecule has 0 atom stereocenters. The summed E-state index contributed by atoms with van der Waals surface area (Å²) in [6.07, 6.45) is 5.55. The van der Waals surface area contributed by atoms with Crippen molar-refractivity contribution in [1.29, 1.82) is 0 Å². The molecular weight excluding hydrogens is 146 g/mol. The zero-order valence-electron chi connectivity index (χ0n) is 8.01. The van der Waals surface area contributed by atoms with Gasteiger partial charge in [-0.3, -0.25) is 0 Å². The molecule has 0 unspecified atom stereocenters. The minimum absolute atomic E-state index is 0.838. The molecule has 0 aromatic carbocycles. The highest BCUT2D eigenvalue weighted by molar-refractivity contribution is 5.23. The molecule has 1 nitrogen and oxygen atoms in total. The van der Waals surface area contributed by atoms with Gasteiger partial charge in [-0.05, 0) is 12.5 Å². The Balaban J connectivity index is 4.20. The number of likely N-dealkylation sites (N-methyl/N-ethyl adjacent to an activating group) is 1. The van der Waals surface area contributed by atoms with Crippen LogP contribution >= 0.6 is 0 Å². The monoisotopic (exact) mass is 163 g/mol. The molecule has 0 aliphatic carbocycles. The average Bonchev–Trinajstić information content (AvgIpc) is 2.03. The quantitative estimate of drug-likeness (QED) is 0.563. The molecule has 0 radical (unpaired) electrons. The summed E-state index contributed by atoms with van der Waals surface area (Å²) in [5, 5.41) is 0. The van der Waals surface area contributed by atoms with E-state index in [2.05, 4.69) is 24.6 Å². The van der Waals surface area contributed by atoms with Gasteiger partial charge in [0.1, 0.15) is 0 Å². The van der Waals surface area contributed by atoms with Crippen LogP contribution in [0.2, 0.25) is 0 Å². The third-order valence-electron chi connectivity index (χ3n) is 1.67. The molecule has 0 bridgehead atoms. The fourth-order valence-corrected chi connectivity index (χ4v) is 0.745. The van der Waals surface area contributed by atoms with Crippen LogP contribution in [-0.4, -0.2) is 18.5 Å². The van der Waals surface area contributed by atoms with Crippen LogP contribution in [0.1, 0.15) is 6.92 Å². The summed E-state index contributed by atoms with van der Waals surface area (Å²) < 4.78 is 0. The maximum Gasteiger partial charge on any atom is 0.0422 e. The summed E-state index contributed by atoms with van der Waals surface area (Å²) in [6, 6.07) is 0. The molecule has 1 heteroatoms. The third-order valence-corrected chi connectivity index (χ3v) is 1.67. The van der Waals surface area contributed by atoms with E-state index in [0.717, 1.165) is 17.8 Å². The van der Waals surface area contributed by atoms with Crippen molar-refractivity contribution in [3.63, 3.8) is 0 Å². The maximum atomic E-state index is 3.84. The van der Waals surface area contributed by atoms with Gasteiger partial charge < -0.3 is 4.90 Å². The second kappa shape index (κ2) is 5.42. The van der Waals surface area contributed by atoms with Crippen LogP contribution < -0.4 is 0 Å². The zero-order valence-corrected chi connectivity index (χ0v) is 8.01. The summed E-state index contributed by atoms with van der Waals surface area (Å²) >= 11 is 0. The summed E-state index contributed by atoms with van der Waals surface area (Å²) in [4.78, 5) is 2.07. The van der Waals surface area contributed by atoms with Crippen LogP contribution in [0.15, 0.2) is 49.2 Å². The predicted molar refractivity (Wildman–Crippen MR) is 55.9 cm³/mol. The van der Waals surface area contributed by atoms with E-state index in [9.17, 15) is 0 Å². The van der Waals surface area contributed by atoms with Gasteiger partial charge in [-0.15, -0.1) is 0 Å². The second-order valence-electron chi connectivity index (χ2n) is 2.77. The van der Waals surface area contributed by atoms with Gasteiger partial charge in [0.2, 0.25) is 0 Å². The van der Waals surface area contributed by atoms with Crippen molar-refractivity contribution in [3.05, 3.63) is 49.2 Å². The Labute approximate surface area is 75.4 Å². The van der Waals surface area contributed by atoms with Gasteiger partial charge >= 0.3 is 0 Å². The first kappa shape index (κ1) is 10.8. The highest BCUT2D eigenvalue weighted by Crippen LogP contribution is 2.03. The van der Waals surface area contributed by atoms with E-state index in [1.165, 1.54) is 0 Å². The number of hydrogen-bond acceptors (Lipinski definition) is 1. The first-order valence-electron chi connectivity index (χ1n) is 3.92. The molecule has 0 saturated heterocycles. The summed E-state index contributed by atoms with van der Waals surface area (Å²) in [6.45, 7) is 14.0. The smallest absolute Gasteiger partial charge is 0.0422 e. The third kappa shape index (κ3) is 3.81. The molecule has 0 aromatic heterocycles. The van der Waals surface area contributed by atoms with E-state index in [4.69, 9.17) is 0 Å². The molecular formula is C11H17N. The SMILES string of the molecule is C=C/C=C(\C=C)CN(C)C(=C)C. The van der Waals surface area contributed by atoms with Crippen molar-refractivity contribution >= 4 is 0 Å². The fraction of sp³-hybridized carbons (Fsp3) is 0.273. The molecule has 0 amide bonds. The number of nitrogens with zero attached hydrogens (tertiary/aromatic N) is 1. The van der Waals surface area contributed by atoms with E-state index < -0.39 is 0 Å². The largest absolute Gasteiger partial charge is 0.374 e. The molecule has 0 aromatic rings. The van der Waals surface area contributed by atoms with Crippen LogP contribution in [0.4, 0.5) is 0 Å².